The molecule has 0 N–H and O–H groups in total. The number of carbonyl (C=O) groups is 1. The van der Waals surface area contributed by atoms with E-state index in [9.17, 15) is 4.79 Å². The van der Waals surface area contributed by atoms with E-state index in [1.54, 1.807) is 19.2 Å². The van der Waals surface area contributed by atoms with Crippen molar-refractivity contribution in [3.8, 4) is 6.07 Å². The molecule has 1 aromatic rings. The predicted octanol–water partition coefficient (Wildman–Crippen LogP) is 1.85. The molecule has 14 heavy (non-hydrogen) atoms. The van der Waals surface area contributed by atoms with Crippen molar-refractivity contribution in [3.63, 3.8) is 0 Å². The maximum Gasteiger partial charge on any atom is 0.230 e. The second kappa shape index (κ2) is 4.47. The van der Waals surface area contributed by atoms with E-state index in [0.717, 1.165) is 5.76 Å². The van der Waals surface area contributed by atoms with Crippen molar-refractivity contribution in [1.29, 1.82) is 5.26 Å². The molecular formula is C10H12N2O2. The number of anilines is 1. The van der Waals surface area contributed by atoms with Gasteiger partial charge < -0.3 is 4.42 Å². The summed E-state index contributed by atoms with van der Waals surface area (Å²) >= 11 is 0. The first kappa shape index (κ1) is 10.3. The van der Waals surface area contributed by atoms with Crippen molar-refractivity contribution in [2.45, 2.75) is 19.8 Å². The number of amides is 1. The van der Waals surface area contributed by atoms with Crippen LogP contribution in [0, 0.1) is 18.3 Å². The number of nitriles is 1. The van der Waals surface area contributed by atoms with E-state index >= 15 is 0 Å². The summed E-state index contributed by atoms with van der Waals surface area (Å²) in [5.74, 6) is 1.17. The topological polar surface area (TPSA) is 57.2 Å². The number of furan rings is 1. The van der Waals surface area contributed by atoms with Gasteiger partial charge in [0.05, 0.1) is 6.07 Å². The molecule has 0 atom stereocenters. The summed E-state index contributed by atoms with van der Waals surface area (Å²) in [6, 6.07) is 5.46. The molecule has 1 rings (SSSR count). The molecule has 74 valence electrons. The van der Waals surface area contributed by atoms with Gasteiger partial charge in [-0.15, -0.1) is 0 Å². The van der Waals surface area contributed by atoms with Crippen LogP contribution in [0.4, 0.5) is 5.88 Å². The molecule has 0 radical (unpaired) electrons. The Labute approximate surface area is 82.7 Å². The Morgan fingerprint density at radius 3 is 2.86 bits per heavy atom. The summed E-state index contributed by atoms with van der Waals surface area (Å²) in [6.45, 7) is 1.82. The van der Waals surface area contributed by atoms with Crippen LogP contribution in [0.15, 0.2) is 16.5 Å². The van der Waals surface area contributed by atoms with Crippen LogP contribution >= 0.6 is 0 Å². The molecule has 0 aromatic carbocycles. The zero-order valence-electron chi connectivity index (χ0n) is 8.28. The third-order valence-electron chi connectivity index (χ3n) is 1.88. The first-order valence-electron chi connectivity index (χ1n) is 4.35. The Balaban J connectivity index is 2.62. The number of carbonyl (C=O) groups excluding carboxylic acids is 1. The number of rotatable bonds is 3. The van der Waals surface area contributed by atoms with E-state index in [1.165, 1.54) is 4.90 Å². The van der Waals surface area contributed by atoms with Crippen molar-refractivity contribution in [2.75, 3.05) is 11.9 Å². The fourth-order valence-corrected chi connectivity index (χ4v) is 1.06. The summed E-state index contributed by atoms with van der Waals surface area (Å²) in [4.78, 5) is 12.8. The average Bonchev–Trinajstić information content (AvgIpc) is 2.60. The van der Waals surface area contributed by atoms with Crippen molar-refractivity contribution < 1.29 is 9.21 Å². The highest BCUT2D eigenvalue weighted by atomic mass is 16.4. The van der Waals surface area contributed by atoms with Crippen molar-refractivity contribution in [2.24, 2.45) is 0 Å². The lowest BCUT2D eigenvalue weighted by molar-refractivity contribution is -0.118. The van der Waals surface area contributed by atoms with Gasteiger partial charge in [-0.25, -0.2) is 0 Å². The van der Waals surface area contributed by atoms with Gasteiger partial charge in [-0.1, -0.05) is 0 Å². The van der Waals surface area contributed by atoms with Gasteiger partial charge in [-0.3, -0.25) is 9.69 Å². The van der Waals surface area contributed by atoms with E-state index in [-0.39, 0.29) is 18.7 Å². The smallest absolute Gasteiger partial charge is 0.230 e. The summed E-state index contributed by atoms with van der Waals surface area (Å²) in [5.41, 5.74) is 0. The fourth-order valence-electron chi connectivity index (χ4n) is 1.06. The molecule has 0 aliphatic rings. The van der Waals surface area contributed by atoms with E-state index in [0.29, 0.717) is 5.88 Å². The highest BCUT2D eigenvalue weighted by Gasteiger charge is 2.12. The Morgan fingerprint density at radius 2 is 2.36 bits per heavy atom. The van der Waals surface area contributed by atoms with Gasteiger partial charge in [-0.2, -0.15) is 5.26 Å². The van der Waals surface area contributed by atoms with Gasteiger partial charge in [0.1, 0.15) is 5.76 Å². The van der Waals surface area contributed by atoms with Crippen LogP contribution in [0.25, 0.3) is 0 Å². The molecule has 1 amide bonds. The minimum atomic E-state index is -0.110. The first-order chi connectivity index (χ1) is 6.65. The number of hydrogen-bond acceptors (Lipinski definition) is 3. The van der Waals surface area contributed by atoms with Crippen LogP contribution in [0.2, 0.25) is 0 Å². The molecule has 0 fully saturated rings. The van der Waals surface area contributed by atoms with Crippen molar-refractivity contribution >= 4 is 11.8 Å². The lowest BCUT2D eigenvalue weighted by Crippen LogP contribution is -2.25. The Bertz CT molecular complexity index is 362. The third kappa shape index (κ3) is 2.36. The van der Waals surface area contributed by atoms with Crippen LogP contribution in [0.1, 0.15) is 18.6 Å². The Kier molecular flexibility index (Phi) is 3.29. The quantitative estimate of drug-likeness (QED) is 0.734. The summed E-state index contributed by atoms with van der Waals surface area (Å²) in [5, 5.41) is 8.33. The Morgan fingerprint density at radius 1 is 1.64 bits per heavy atom. The molecule has 1 aromatic heterocycles. The monoisotopic (exact) mass is 192 g/mol. The lowest BCUT2D eigenvalue weighted by atomic mass is 10.3. The average molecular weight is 192 g/mol. The maximum atomic E-state index is 11.4. The van der Waals surface area contributed by atoms with Crippen LogP contribution in [-0.2, 0) is 4.79 Å². The van der Waals surface area contributed by atoms with E-state index in [1.807, 2.05) is 13.0 Å². The van der Waals surface area contributed by atoms with Gasteiger partial charge in [0.2, 0.25) is 11.8 Å². The standard InChI is InChI=1S/C10H12N2O2/c1-8-5-6-10(14-8)12(2)9(13)4-3-7-11/h5-6H,3-4H2,1-2H3. The number of hydrogen-bond donors (Lipinski definition) is 0. The molecule has 0 saturated heterocycles. The summed E-state index contributed by atoms with van der Waals surface area (Å²) < 4.78 is 5.27. The largest absolute Gasteiger partial charge is 0.445 e. The minimum absolute atomic E-state index is 0.110. The van der Waals surface area contributed by atoms with Gasteiger partial charge in [-0.05, 0) is 13.0 Å². The Hall–Kier alpha value is -1.76. The van der Waals surface area contributed by atoms with Crippen molar-refractivity contribution in [1.82, 2.24) is 0 Å². The zero-order valence-corrected chi connectivity index (χ0v) is 8.28. The van der Waals surface area contributed by atoms with E-state index in [4.69, 9.17) is 9.68 Å². The molecule has 4 nitrogen and oxygen atoms in total. The van der Waals surface area contributed by atoms with Gasteiger partial charge in [0.15, 0.2) is 0 Å². The maximum absolute atomic E-state index is 11.4. The molecule has 0 aliphatic heterocycles. The first-order valence-corrected chi connectivity index (χ1v) is 4.35. The fraction of sp³-hybridized carbons (Fsp3) is 0.400. The van der Waals surface area contributed by atoms with E-state index < -0.39 is 0 Å². The second-order valence-electron chi connectivity index (χ2n) is 3.00. The molecule has 4 heteroatoms. The zero-order chi connectivity index (χ0) is 10.6. The molecule has 0 bridgehead atoms. The predicted molar refractivity (Wildman–Crippen MR) is 51.7 cm³/mol. The lowest BCUT2D eigenvalue weighted by Gasteiger charge is -2.12. The summed E-state index contributed by atoms with van der Waals surface area (Å²) in [6.07, 6.45) is 0.468. The van der Waals surface area contributed by atoms with E-state index in [2.05, 4.69) is 0 Å². The third-order valence-corrected chi connectivity index (χ3v) is 1.88. The molecule has 0 saturated carbocycles. The van der Waals surface area contributed by atoms with Crippen LogP contribution in [0.3, 0.4) is 0 Å². The summed E-state index contributed by atoms with van der Waals surface area (Å²) in [7, 11) is 1.64. The van der Waals surface area contributed by atoms with Crippen LogP contribution in [0.5, 0.6) is 0 Å². The molecular weight excluding hydrogens is 180 g/mol. The second-order valence-corrected chi connectivity index (χ2v) is 3.00. The van der Waals surface area contributed by atoms with Gasteiger partial charge >= 0.3 is 0 Å². The SMILES string of the molecule is Cc1ccc(N(C)C(=O)CCC#N)o1. The highest BCUT2D eigenvalue weighted by molar-refractivity contribution is 5.91. The number of aryl methyl sites for hydroxylation is 1. The molecule has 0 unspecified atom stereocenters. The molecule has 1 heterocycles. The van der Waals surface area contributed by atoms with Gasteiger partial charge in [0, 0.05) is 26.0 Å². The number of nitrogens with zero attached hydrogens (tertiary/aromatic N) is 2. The van der Waals surface area contributed by atoms with Gasteiger partial charge in [0.25, 0.3) is 0 Å². The normalized spacial score (nSPS) is 9.50. The van der Waals surface area contributed by atoms with Crippen LogP contribution < -0.4 is 4.90 Å². The molecule has 0 spiro atoms. The molecule has 0 aliphatic carbocycles. The van der Waals surface area contributed by atoms with Crippen LogP contribution in [-0.4, -0.2) is 13.0 Å². The van der Waals surface area contributed by atoms with Crippen molar-refractivity contribution in [3.05, 3.63) is 17.9 Å². The minimum Gasteiger partial charge on any atom is -0.445 e. The highest BCUT2D eigenvalue weighted by Crippen LogP contribution is 2.17.